The van der Waals surface area contributed by atoms with Crippen LogP contribution in [0.4, 0.5) is 4.79 Å². The number of hydrogen-bond donors (Lipinski definition) is 1. The highest BCUT2D eigenvalue weighted by Crippen LogP contribution is 2.36. The highest BCUT2D eigenvalue weighted by atomic mass is 16.5. The van der Waals surface area contributed by atoms with Crippen LogP contribution in [0.25, 0.3) is 0 Å². The first kappa shape index (κ1) is 18.8. The minimum atomic E-state index is -0.463. The molecule has 1 aromatic carbocycles. The molecule has 3 amide bonds. The van der Waals surface area contributed by atoms with Gasteiger partial charge in [-0.1, -0.05) is 12.1 Å². The Balaban J connectivity index is 1.55. The number of benzene rings is 1. The van der Waals surface area contributed by atoms with E-state index < -0.39 is 6.04 Å². The number of rotatable bonds is 5. The van der Waals surface area contributed by atoms with E-state index in [-0.39, 0.29) is 11.9 Å². The van der Waals surface area contributed by atoms with Crippen molar-refractivity contribution >= 4 is 11.9 Å². The predicted molar refractivity (Wildman–Crippen MR) is 103 cm³/mol. The Kier molecular flexibility index (Phi) is 5.23. The van der Waals surface area contributed by atoms with E-state index in [1.54, 1.807) is 19.1 Å². The first-order valence-corrected chi connectivity index (χ1v) is 9.59. The molecule has 3 aliphatic heterocycles. The van der Waals surface area contributed by atoms with Crippen LogP contribution >= 0.6 is 0 Å². The molecule has 0 aromatic heterocycles. The van der Waals surface area contributed by atoms with Crippen LogP contribution in [0.1, 0.15) is 11.6 Å². The van der Waals surface area contributed by atoms with Gasteiger partial charge in [-0.05, 0) is 17.7 Å². The number of amides is 3. The lowest BCUT2D eigenvalue weighted by Gasteiger charge is -2.31. The molecule has 1 aromatic rings. The van der Waals surface area contributed by atoms with Gasteiger partial charge < -0.3 is 19.7 Å². The van der Waals surface area contributed by atoms with Gasteiger partial charge in [0.15, 0.2) is 0 Å². The van der Waals surface area contributed by atoms with Gasteiger partial charge in [0.25, 0.3) is 5.91 Å². The number of nitrogens with zero attached hydrogens (tertiary/aromatic N) is 3. The standard InChI is InChI=1S/C20H26N4O4/c1-22-16-13-24(7-6-23-8-10-28-11-9-23)19(25)17(16)18(21-20(22)26)14-4-3-5-15(12-14)27-2/h3-5,12,18H,6-11,13H2,1-2H3,(H,21,26)/t18-/m0/s1. The van der Waals surface area contributed by atoms with Crippen LogP contribution in [-0.2, 0) is 9.53 Å². The van der Waals surface area contributed by atoms with Crippen molar-refractivity contribution in [1.82, 2.24) is 20.0 Å². The second-order valence-electron chi connectivity index (χ2n) is 7.26. The van der Waals surface area contributed by atoms with Gasteiger partial charge in [-0.15, -0.1) is 0 Å². The summed E-state index contributed by atoms with van der Waals surface area (Å²) in [6.45, 7) is 5.17. The number of morpholine rings is 1. The smallest absolute Gasteiger partial charge is 0.322 e. The molecule has 150 valence electrons. The van der Waals surface area contributed by atoms with E-state index >= 15 is 0 Å². The van der Waals surface area contributed by atoms with Crippen LogP contribution in [0.3, 0.4) is 0 Å². The lowest BCUT2D eigenvalue weighted by molar-refractivity contribution is -0.126. The van der Waals surface area contributed by atoms with Gasteiger partial charge in [0.1, 0.15) is 5.75 Å². The molecule has 3 heterocycles. The Morgan fingerprint density at radius 3 is 2.75 bits per heavy atom. The summed E-state index contributed by atoms with van der Waals surface area (Å²) in [5.74, 6) is 0.686. The van der Waals surface area contributed by atoms with E-state index in [0.717, 1.165) is 44.1 Å². The largest absolute Gasteiger partial charge is 0.497 e. The summed E-state index contributed by atoms with van der Waals surface area (Å²) >= 11 is 0. The molecule has 3 aliphatic rings. The van der Waals surface area contributed by atoms with Gasteiger partial charge in [-0.3, -0.25) is 14.6 Å². The molecule has 1 atom stereocenters. The molecule has 1 saturated heterocycles. The number of carbonyl (C=O) groups is 2. The van der Waals surface area contributed by atoms with Crippen LogP contribution in [0.5, 0.6) is 5.75 Å². The van der Waals surface area contributed by atoms with Gasteiger partial charge in [0.05, 0.1) is 44.2 Å². The summed E-state index contributed by atoms with van der Waals surface area (Å²) in [5, 5.41) is 2.96. The predicted octanol–water partition coefficient (Wildman–Crippen LogP) is 0.820. The third kappa shape index (κ3) is 3.45. The van der Waals surface area contributed by atoms with Crippen molar-refractivity contribution in [3.05, 3.63) is 41.1 Å². The normalized spacial score (nSPS) is 23.1. The second-order valence-corrected chi connectivity index (χ2v) is 7.26. The van der Waals surface area contributed by atoms with E-state index in [9.17, 15) is 9.59 Å². The van der Waals surface area contributed by atoms with Gasteiger partial charge in [-0.2, -0.15) is 0 Å². The number of methoxy groups -OCH3 is 1. The third-order valence-corrected chi connectivity index (χ3v) is 5.65. The molecule has 1 fully saturated rings. The van der Waals surface area contributed by atoms with Gasteiger partial charge >= 0.3 is 6.03 Å². The molecule has 28 heavy (non-hydrogen) atoms. The molecule has 4 rings (SSSR count). The van der Waals surface area contributed by atoms with Crippen molar-refractivity contribution in [1.29, 1.82) is 0 Å². The fourth-order valence-electron chi connectivity index (χ4n) is 3.96. The van der Waals surface area contributed by atoms with Crippen LogP contribution < -0.4 is 10.1 Å². The summed E-state index contributed by atoms with van der Waals surface area (Å²) in [7, 11) is 3.32. The Labute approximate surface area is 164 Å². The number of carbonyl (C=O) groups excluding carboxylic acids is 2. The average Bonchev–Trinajstić information content (AvgIpc) is 3.06. The van der Waals surface area contributed by atoms with E-state index in [0.29, 0.717) is 24.4 Å². The molecule has 8 nitrogen and oxygen atoms in total. The quantitative estimate of drug-likeness (QED) is 0.811. The zero-order valence-corrected chi connectivity index (χ0v) is 16.3. The van der Waals surface area contributed by atoms with Gasteiger partial charge in [0, 0.05) is 33.2 Å². The monoisotopic (exact) mass is 386 g/mol. The number of hydrogen-bond acceptors (Lipinski definition) is 5. The lowest BCUT2D eigenvalue weighted by atomic mass is 9.95. The molecule has 0 unspecified atom stereocenters. The SMILES string of the molecule is COc1cccc([C@@H]2NC(=O)N(C)C3=C2C(=O)N(CCN2CCOCC2)C3)c1. The van der Waals surface area contributed by atoms with E-state index in [1.807, 2.05) is 29.2 Å². The molecule has 0 radical (unpaired) electrons. The Morgan fingerprint density at radius 1 is 1.21 bits per heavy atom. The summed E-state index contributed by atoms with van der Waals surface area (Å²) in [6, 6.07) is 6.83. The number of likely N-dealkylation sites (N-methyl/N-ethyl adjacent to an activating group) is 1. The van der Waals surface area contributed by atoms with Crippen LogP contribution in [0.15, 0.2) is 35.5 Å². The second kappa shape index (κ2) is 7.81. The fourth-order valence-corrected chi connectivity index (χ4v) is 3.96. The van der Waals surface area contributed by atoms with Crippen molar-refractivity contribution in [3.8, 4) is 5.75 Å². The molecule has 0 spiro atoms. The van der Waals surface area contributed by atoms with Crippen molar-refractivity contribution in [3.63, 3.8) is 0 Å². The van der Waals surface area contributed by atoms with E-state index in [1.165, 1.54) is 0 Å². The van der Waals surface area contributed by atoms with E-state index in [4.69, 9.17) is 9.47 Å². The minimum Gasteiger partial charge on any atom is -0.497 e. The van der Waals surface area contributed by atoms with Crippen LogP contribution in [-0.4, -0.2) is 86.7 Å². The highest BCUT2D eigenvalue weighted by molar-refractivity contribution is 6.01. The average molecular weight is 386 g/mol. The summed E-state index contributed by atoms with van der Waals surface area (Å²) in [4.78, 5) is 31.4. The molecule has 1 N–H and O–H groups in total. The molecule has 0 aliphatic carbocycles. The molecular formula is C20H26N4O4. The third-order valence-electron chi connectivity index (χ3n) is 5.65. The topological polar surface area (TPSA) is 74.4 Å². The lowest BCUT2D eigenvalue weighted by Crippen LogP contribution is -2.45. The van der Waals surface area contributed by atoms with Crippen molar-refractivity contribution in [2.75, 3.05) is 60.1 Å². The van der Waals surface area contributed by atoms with Crippen molar-refractivity contribution in [2.45, 2.75) is 6.04 Å². The summed E-state index contributed by atoms with van der Waals surface area (Å²) < 4.78 is 10.7. The number of ether oxygens (including phenoxy) is 2. The highest BCUT2D eigenvalue weighted by Gasteiger charge is 2.42. The number of nitrogens with one attached hydrogen (secondary N) is 1. The molecule has 0 bridgehead atoms. The Bertz CT molecular complexity index is 803. The first-order valence-electron chi connectivity index (χ1n) is 9.59. The fraction of sp³-hybridized carbons (Fsp3) is 0.500. The molecule has 0 saturated carbocycles. The first-order chi connectivity index (χ1) is 13.6. The molecular weight excluding hydrogens is 360 g/mol. The maximum atomic E-state index is 13.2. The maximum absolute atomic E-state index is 13.2. The summed E-state index contributed by atoms with van der Waals surface area (Å²) in [6.07, 6.45) is 0. The Morgan fingerprint density at radius 2 is 2.00 bits per heavy atom. The Hall–Kier alpha value is -2.58. The van der Waals surface area contributed by atoms with Crippen molar-refractivity contribution in [2.24, 2.45) is 0 Å². The maximum Gasteiger partial charge on any atom is 0.322 e. The van der Waals surface area contributed by atoms with E-state index in [2.05, 4.69) is 10.2 Å². The van der Waals surface area contributed by atoms with Crippen molar-refractivity contribution < 1.29 is 19.1 Å². The van der Waals surface area contributed by atoms with Gasteiger partial charge in [-0.25, -0.2) is 4.79 Å². The zero-order chi connectivity index (χ0) is 19.7. The van der Waals surface area contributed by atoms with Gasteiger partial charge in [0.2, 0.25) is 0 Å². The summed E-state index contributed by atoms with van der Waals surface area (Å²) in [5.41, 5.74) is 2.28. The van der Waals surface area contributed by atoms with Crippen LogP contribution in [0.2, 0.25) is 0 Å². The zero-order valence-electron chi connectivity index (χ0n) is 16.3. The van der Waals surface area contributed by atoms with Crippen LogP contribution in [0, 0.1) is 0 Å². The minimum absolute atomic E-state index is 0.0112. The molecule has 8 heteroatoms. The number of urea groups is 1.